The number of nitrogens with zero attached hydrogens (tertiary/aromatic N) is 1. The van der Waals surface area contributed by atoms with Crippen LogP contribution >= 0.6 is 0 Å². The molecule has 0 aliphatic carbocycles. The van der Waals surface area contributed by atoms with Crippen LogP contribution in [0, 0.1) is 5.92 Å². The van der Waals surface area contributed by atoms with Crippen molar-refractivity contribution in [1.82, 2.24) is 25.9 Å². The lowest BCUT2D eigenvalue weighted by molar-refractivity contribution is -0.143. The number of imidazole rings is 1. The monoisotopic (exact) mass is 351 g/mol. The summed E-state index contributed by atoms with van der Waals surface area (Å²) in [5.41, 5.74) is 0.677. The van der Waals surface area contributed by atoms with Crippen molar-refractivity contribution >= 4 is 17.8 Å². The topological polar surface area (TPSA) is 136 Å². The van der Waals surface area contributed by atoms with Crippen molar-refractivity contribution in [3.05, 3.63) is 18.2 Å². The SMILES string of the molecule is CC(C)C(NC(=O)C(Cc1cnc[nH]1)NC(=O)C1CCCN1)C(=O)O. The van der Waals surface area contributed by atoms with Gasteiger partial charge in [-0.3, -0.25) is 9.59 Å². The van der Waals surface area contributed by atoms with Gasteiger partial charge in [-0.1, -0.05) is 13.8 Å². The maximum Gasteiger partial charge on any atom is 0.326 e. The fraction of sp³-hybridized carbons (Fsp3) is 0.625. The fourth-order valence-corrected chi connectivity index (χ4v) is 2.77. The van der Waals surface area contributed by atoms with Crippen molar-refractivity contribution in [3.8, 4) is 0 Å². The van der Waals surface area contributed by atoms with Gasteiger partial charge in [0.05, 0.1) is 12.4 Å². The summed E-state index contributed by atoms with van der Waals surface area (Å²) in [5.74, 6) is -2.16. The molecule has 1 aromatic rings. The number of carbonyl (C=O) groups is 3. The van der Waals surface area contributed by atoms with Crippen molar-refractivity contribution in [2.45, 2.75) is 51.2 Å². The average Bonchev–Trinajstić information content (AvgIpc) is 3.24. The van der Waals surface area contributed by atoms with E-state index in [0.717, 1.165) is 13.0 Å². The number of carboxylic acids is 1. The molecule has 5 N–H and O–H groups in total. The van der Waals surface area contributed by atoms with Gasteiger partial charge in [0, 0.05) is 18.3 Å². The third kappa shape index (κ3) is 5.28. The average molecular weight is 351 g/mol. The van der Waals surface area contributed by atoms with Gasteiger partial charge >= 0.3 is 5.97 Å². The Labute approximate surface area is 146 Å². The van der Waals surface area contributed by atoms with Gasteiger partial charge in [0.15, 0.2) is 0 Å². The highest BCUT2D eigenvalue weighted by Crippen LogP contribution is 2.08. The molecule has 2 amide bonds. The standard InChI is InChI=1S/C16H25N5O4/c1-9(2)13(16(24)25)21-15(23)12(6-10-7-17-8-19-10)20-14(22)11-4-3-5-18-11/h7-9,11-13,18H,3-6H2,1-2H3,(H,17,19)(H,20,22)(H,21,23)(H,24,25). The van der Waals surface area contributed by atoms with Crippen LogP contribution in [-0.2, 0) is 20.8 Å². The Morgan fingerprint density at radius 3 is 2.64 bits per heavy atom. The lowest BCUT2D eigenvalue weighted by Crippen LogP contribution is -2.56. The van der Waals surface area contributed by atoms with Crippen LogP contribution in [0.15, 0.2) is 12.5 Å². The molecule has 2 rings (SSSR count). The molecule has 9 nitrogen and oxygen atoms in total. The molecular formula is C16H25N5O4. The summed E-state index contributed by atoms with van der Waals surface area (Å²) >= 11 is 0. The van der Waals surface area contributed by atoms with E-state index >= 15 is 0 Å². The number of aliphatic carboxylic acids is 1. The smallest absolute Gasteiger partial charge is 0.326 e. The lowest BCUT2D eigenvalue weighted by atomic mass is 10.0. The highest BCUT2D eigenvalue weighted by molar-refractivity contribution is 5.92. The second kappa shape index (κ2) is 8.61. The number of H-pyrrole nitrogens is 1. The molecular weight excluding hydrogens is 326 g/mol. The summed E-state index contributed by atoms with van der Waals surface area (Å²) in [5, 5.41) is 17.6. The van der Waals surface area contributed by atoms with Crippen LogP contribution in [0.5, 0.6) is 0 Å². The van der Waals surface area contributed by atoms with Gasteiger partial charge in [0.2, 0.25) is 11.8 Å². The Bertz CT molecular complexity index is 596. The molecule has 1 aromatic heterocycles. The summed E-state index contributed by atoms with van der Waals surface area (Å²) in [7, 11) is 0. The highest BCUT2D eigenvalue weighted by atomic mass is 16.4. The molecule has 2 heterocycles. The van der Waals surface area contributed by atoms with Crippen LogP contribution in [0.1, 0.15) is 32.4 Å². The number of rotatable bonds is 8. The van der Waals surface area contributed by atoms with Crippen LogP contribution in [0.2, 0.25) is 0 Å². The molecule has 138 valence electrons. The lowest BCUT2D eigenvalue weighted by Gasteiger charge is -2.24. The molecule has 1 aliphatic heterocycles. The third-order valence-electron chi connectivity index (χ3n) is 4.22. The third-order valence-corrected chi connectivity index (χ3v) is 4.22. The maximum atomic E-state index is 12.6. The van der Waals surface area contributed by atoms with Gasteiger partial charge in [0.25, 0.3) is 0 Å². The molecule has 3 atom stereocenters. The van der Waals surface area contributed by atoms with Gasteiger partial charge in [-0.05, 0) is 25.3 Å². The highest BCUT2D eigenvalue weighted by Gasteiger charge is 2.31. The van der Waals surface area contributed by atoms with Gasteiger partial charge in [-0.15, -0.1) is 0 Å². The first-order valence-corrected chi connectivity index (χ1v) is 8.42. The van der Waals surface area contributed by atoms with E-state index in [1.807, 2.05) is 0 Å². The van der Waals surface area contributed by atoms with Crippen LogP contribution in [-0.4, -0.2) is 57.5 Å². The van der Waals surface area contributed by atoms with Crippen LogP contribution in [0.4, 0.5) is 0 Å². The summed E-state index contributed by atoms with van der Waals surface area (Å²) < 4.78 is 0. The second-order valence-electron chi connectivity index (χ2n) is 6.56. The Balaban J connectivity index is 2.07. The normalized spacial score (nSPS) is 19.4. The van der Waals surface area contributed by atoms with Crippen LogP contribution in [0.25, 0.3) is 0 Å². The number of aromatic nitrogens is 2. The summed E-state index contributed by atoms with van der Waals surface area (Å²) in [6.07, 6.45) is 4.88. The van der Waals surface area contributed by atoms with E-state index in [9.17, 15) is 19.5 Å². The Morgan fingerprint density at radius 1 is 1.36 bits per heavy atom. The predicted octanol–water partition coefficient (Wildman–Crippen LogP) is -0.586. The van der Waals surface area contributed by atoms with Crippen molar-refractivity contribution in [2.24, 2.45) is 5.92 Å². The number of hydrogen-bond acceptors (Lipinski definition) is 5. The van der Waals surface area contributed by atoms with Crippen molar-refractivity contribution in [2.75, 3.05) is 6.54 Å². The summed E-state index contributed by atoms with van der Waals surface area (Å²) in [6, 6.07) is -2.22. The molecule has 25 heavy (non-hydrogen) atoms. The van der Waals surface area contributed by atoms with Gasteiger partial charge in [-0.25, -0.2) is 9.78 Å². The summed E-state index contributed by atoms with van der Waals surface area (Å²) in [6.45, 7) is 4.19. The van der Waals surface area contributed by atoms with E-state index in [0.29, 0.717) is 12.1 Å². The molecule has 0 spiro atoms. The molecule has 0 bridgehead atoms. The number of amides is 2. The van der Waals surface area contributed by atoms with E-state index in [1.165, 1.54) is 6.33 Å². The van der Waals surface area contributed by atoms with Crippen LogP contribution in [0.3, 0.4) is 0 Å². The Kier molecular flexibility index (Phi) is 6.51. The number of hydrogen-bond donors (Lipinski definition) is 5. The van der Waals surface area contributed by atoms with Crippen molar-refractivity contribution in [1.29, 1.82) is 0 Å². The van der Waals surface area contributed by atoms with E-state index in [1.54, 1.807) is 20.0 Å². The molecule has 9 heteroatoms. The van der Waals surface area contributed by atoms with E-state index in [-0.39, 0.29) is 24.3 Å². The van der Waals surface area contributed by atoms with E-state index < -0.39 is 24.0 Å². The van der Waals surface area contributed by atoms with Crippen molar-refractivity contribution in [3.63, 3.8) is 0 Å². The number of nitrogens with one attached hydrogen (secondary N) is 4. The quantitative estimate of drug-likeness (QED) is 0.425. The fourth-order valence-electron chi connectivity index (χ4n) is 2.77. The molecule has 0 radical (unpaired) electrons. The minimum atomic E-state index is -1.10. The van der Waals surface area contributed by atoms with Crippen molar-refractivity contribution < 1.29 is 19.5 Å². The van der Waals surface area contributed by atoms with Gasteiger partial charge in [-0.2, -0.15) is 0 Å². The zero-order chi connectivity index (χ0) is 18.4. The molecule has 1 saturated heterocycles. The molecule has 1 aliphatic rings. The maximum absolute atomic E-state index is 12.6. The Hall–Kier alpha value is -2.42. The first kappa shape index (κ1) is 18.9. The largest absolute Gasteiger partial charge is 0.480 e. The molecule has 3 unspecified atom stereocenters. The van der Waals surface area contributed by atoms with Gasteiger partial charge in [0.1, 0.15) is 12.1 Å². The molecule has 1 fully saturated rings. The number of carboxylic acid groups (broad SMARTS) is 1. The minimum Gasteiger partial charge on any atom is -0.480 e. The first-order chi connectivity index (χ1) is 11.9. The number of aromatic amines is 1. The molecule has 0 saturated carbocycles. The molecule has 0 aromatic carbocycles. The zero-order valence-electron chi connectivity index (χ0n) is 14.4. The van der Waals surface area contributed by atoms with Gasteiger partial charge < -0.3 is 26.0 Å². The summed E-state index contributed by atoms with van der Waals surface area (Å²) in [4.78, 5) is 43.1. The second-order valence-corrected chi connectivity index (χ2v) is 6.56. The first-order valence-electron chi connectivity index (χ1n) is 8.42. The Morgan fingerprint density at radius 2 is 2.12 bits per heavy atom. The van der Waals surface area contributed by atoms with E-state index in [4.69, 9.17) is 0 Å². The van der Waals surface area contributed by atoms with E-state index in [2.05, 4.69) is 25.9 Å². The number of carbonyl (C=O) groups excluding carboxylic acids is 2. The minimum absolute atomic E-state index is 0.203. The van der Waals surface area contributed by atoms with Crippen LogP contribution < -0.4 is 16.0 Å². The zero-order valence-corrected chi connectivity index (χ0v) is 14.4. The predicted molar refractivity (Wildman–Crippen MR) is 89.7 cm³/mol.